The predicted molar refractivity (Wildman–Crippen MR) is 74.8 cm³/mol. The lowest BCUT2D eigenvalue weighted by Gasteiger charge is -2.22. The van der Waals surface area contributed by atoms with Gasteiger partial charge in [-0.1, -0.05) is 11.6 Å². The minimum Gasteiger partial charge on any atom is -0.480 e. The average molecular weight is 336 g/mol. The summed E-state index contributed by atoms with van der Waals surface area (Å²) in [5.41, 5.74) is -0.216. The third-order valence-electron chi connectivity index (χ3n) is 2.91. The van der Waals surface area contributed by atoms with Crippen molar-refractivity contribution < 1.29 is 27.9 Å². The van der Waals surface area contributed by atoms with E-state index in [0.29, 0.717) is 4.31 Å². The standard InChI is InChI=1S/C12H14ClNO6S/c1-7(11(15)16)14(2)21(18,19)10-6-8(13)4-5-9(10)12(17)20-3/h4-7H,1-3H3,(H,15,16). The molecule has 1 N–H and O–H groups in total. The number of carboxylic acid groups (broad SMARTS) is 1. The van der Waals surface area contributed by atoms with E-state index in [9.17, 15) is 18.0 Å². The predicted octanol–water partition coefficient (Wildman–Crippen LogP) is 1.22. The van der Waals surface area contributed by atoms with Crippen LogP contribution < -0.4 is 0 Å². The molecule has 0 aliphatic rings. The second kappa shape index (κ2) is 6.42. The number of benzene rings is 1. The van der Waals surface area contributed by atoms with Gasteiger partial charge in [-0.05, 0) is 25.1 Å². The zero-order valence-electron chi connectivity index (χ0n) is 11.5. The molecule has 1 aromatic rings. The molecule has 0 aliphatic heterocycles. The fraction of sp³-hybridized carbons (Fsp3) is 0.333. The molecule has 116 valence electrons. The highest BCUT2D eigenvalue weighted by molar-refractivity contribution is 7.89. The van der Waals surface area contributed by atoms with Gasteiger partial charge in [-0.3, -0.25) is 4.79 Å². The Kier molecular flexibility index (Phi) is 5.32. The smallest absolute Gasteiger partial charge is 0.339 e. The highest BCUT2D eigenvalue weighted by Gasteiger charge is 2.33. The molecule has 1 atom stereocenters. The van der Waals surface area contributed by atoms with Gasteiger partial charge in [0, 0.05) is 12.1 Å². The molecule has 0 amide bonds. The van der Waals surface area contributed by atoms with Crippen molar-refractivity contribution in [3.63, 3.8) is 0 Å². The summed E-state index contributed by atoms with van der Waals surface area (Å²) in [5, 5.41) is 9.01. The molecule has 0 fully saturated rings. The summed E-state index contributed by atoms with van der Waals surface area (Å²) in [5.74, 6) is -2.18. The molecule has 21 heavy (non-hydrogen) atoms. The van der Waals surface area contributed by atoms with E-state index in [-0.39, 0.29) is 10.6 Å². The van der Waals surface area contributed by atoms with Gasteiger partial charge in [-0.25, -0.2) is 13.2 Å². The van der Waals surface area contributed by atoms with Crippen LogP contribution in [0.2, 0.25) is 5.02 Å². The molecular formula is C12H14ClNO6S. The normalized spacial score (nSPS) is 13.0. The molecule has 0 radical (unpaired) electrons. The Morgan fingerprint density at radius 3 is 2.43 bits per heavy atom. The maximum atomic E-state index is 12.5. The molecule has 1 unspecified atom stereocenters. The van der Waals surface area contributed by atoms with Gasteiger partial charge in [0.1, 0.15) is 6.04 Å². The summed E-state index contributed by atoms with van der Waals surface area (Å²) < 4.78 is 30.1. The summed E-state index contributed by atoms with van der Waals surface area (Å²) in [4.78, 5) is 22.2. The van der Waals surface area contributed by atoms with Crippen molar-refractivity contribution in [2.24, 2.45) is 0 Å². The molecule has 0 saturated carbocycles. The molecule has 0 aliphatic carbocycles. The monoisotopic (exact) mass is 335 g/mol. The third-order valence-corrected chi connectivity index (χ3v) is 5.11. The van der Waals surface area contributed by atoms with Gasteiger partial charge in [0.25, 0.3) is 0 Å². The van der Waals surface area contributed by atoms with Crippen LogP contribution in [0.5, 0.6) is 0 Å². The number of hydrogen-bond donors (Lipinski definition) is 1. The summed E-state index contributed by atoms with van der Waals surface area (Å²) in [6.45, 7) is 1.21. The maximum absolute atomic E-state index is 12.5. The van der Waals surface area contributed by atoms with Crippen LogP contribution in [0.15, 0.2) is 23.1 Å². The van der Waals surface area contributed by atoms with Gasteiger partial charge in [-0.15, -0.1) is 0 Å². The van der Waals surface area contributed by atoms with Gasteiger partial charge < -0.3 is 9.84 Å². The van der Waals surface area contributed by atoms with Gasteiger partial charge in [0.05, 0.1) is 17.6 Å². The van der Waals surface area contributed by atoms with E-state index >= 15 is 0 Å². The van der Waals surface area contributed by atoms with E-state index in [1.807, 2.05) is 0 Å². The SMILES string of the molecule is COC(=O)c1ccc(Cl)cc1S(=O)(=O)N(C)C(C)C(=O)O. The first-order chi connectivity index (χ1) is 9.62. The lowest BCUT2D eigenvalue weighted by molar-refractivity contribution is -0.140. The lowest BCUT2D eigenvalue weighted by Crippen LogP contribution is -2.40. The van der Waals surface area contributed by atoms with Crippen molar-refractivity contribution in [1.29, 1.82) is 0 Å². The second-order valence-electron chi connectivity index (χ2n) is 4.17. The number of carboxylic acids is 1. The Labute approximate surface area is 127 Å². The van der Waals surface area contributed by atoms with E-state index in [1.165, 1.54) is 19.1 Å². The fourth-order valence-electron chi connectivity index (χ4n) is 1.51. The number of carbonyl (C=O) groups excluding carboxylic acids is 1. The van der Waals surface area contributed by atoms with Crippen molar-refractivity contribution in [1.82, 2.24) is 4.31 Å². The highest BCUT2D eigenvalue weighted by atomic mass is 35.5. The number of aliphatic carboxylic acids is 1. The van der Waals surface area contributed by atoms with Crippen LogP contribution in [0.25, 0.3) is 0 Å². The molecule has 9 heteroatoms. The minimum absolute atomic E-state index is 0.0950. The maximum Gasteiger partial charge on any atom is 0.339 e. The largest absolute Gasteiger partial charge is 0.480 e. The van der Waals surface area contributed by atoms with Crippen LogP contribution >= 0.6 is 11.6 Å². The van der Waals surface area contributed by atoms with Crippen molar-refractivity contribution >= 4 is 33.6 Å². The number of nitrogens with zero attached hydrogens (tertiary/aromatic N) is 1. The minimum atomic E-state index is -4.22. The first kappa shape index (κ1) is 17.4. The molecule has 7 nitrogen and oxygen atoms in total. The average Bonchev–Trinajstić information content (AvgIpc) is 2.44. The summed E-state index contributed by atoms with van der Waals surface area (Å²) >= 11 is 5.77. The molecule has 0 saturated heterocycles. The van der Waals surface area contributed by atoms with Crippen molar-refractivity contribution in [2.45, 2.75) is 17.9 Å². The zero-order valence-corrected chi connectivity index (χ0v) is 13.1. The van der Waals surface area contributed by atoms with Gasteiger partial charge in [-0.2, -0.15) is 4.31 Å². The summed E-state index contributed by atoms with van der Waals surface area (Å²) in [6, 6.07) is 2.32. The summed E-state index contributed by atoms with van der Waals surface area (Å²) in [7, 11) is -2.01. The number of sulfonamides is 1. The second-order valence-corrected chi connectivity index (χ2v) is 6.57. The van der Waals surface area contributed by atoms with Crippen molar-refractivity contribution in [2.75, 3.05) is 14.2 Å². The molecule has 1 rings (SSSR count). The van der Waals surface area contributed by atoms with Crippen LogP contribution in [0, 0.1) is 0 Å². The number of hydrogen-bond acceptors (Lipinski definition) is 5. The number of likely N-dealkylation sites (N-methyl/N-ethyl adjacent to an activating group) is 1. The first-order valence-electron chi connectivity index (χ1n) is 5.71. The van der Waals surface area contributed by atoms with E-state index in [2.05, 4.69) is 4.74 Å². The molecule has 1 aromatic carbocycles. The summed E-state index contributed by atoms with van der Waals surface area (Å²) in [6.07, 6.45) is 0. The number of rotatable bonds is 5. The van der Waals surface area contributed by atoms with Crippen molar-refractivity contribution in [3.8, 4) is 0 Å². The van der Waals surface area contributed by atoms with Crippen LogP contribution in [0.1, 0.15) is 17.3 Å². The number of esters is 1. The van der Waals surface area contributed by atoms with Gasteiger partial charge in [0.2, 0.25) is 10.0 Å². The lowest BCUT2D eigenvalue weighted by atomic mass is 10.2. The van der Waals surface area contributed by atoms with Crippen molar-refractivity contribution in [3.05, 3.63) is 28.8 Å². The van der Waals surface area contributed by atoms with Crippen LogP contribution in [-0.2, 0) is 19.6 Å². The number of carbonyl (C=O) groups is 2. The highest BCUT2D eigenvalue weighted by Crippen LogP contribution is 2.25. The van der Waals surface area contributed by atoms with Crippen LogP contribution in [0.3, 0.4) is 0 Å². The Balaban J connectivity index is 3.47. The van der Waals surface area contributed by atoms with E-state index < -0.39 is 32.9 Å². The fourth-order valence-corrected chi connectivity index (χ4v) is 3.27. The third kappa shape index (κ3) is 3.52. The topological polar surface area (TPSA) is 101 Å². The Hall–Kier alpha value is -1.64. The first-order valence-corrected chi connectivity index (χ1v) is 7.53. The molecule has 0 bridgehead atoms. The Bertz CT molecular complexity index is 672. The van der Waals surface area contributed by atoms with Gasteiger partial charge in [0.15, 0.2) is 0 Å². The molecule has 0 aromatic heterocycles. The van der Waals surface area contributed by atoms with Crippen LogP contribution in [0.4, 0.5) is 0 Å². The number of halogens is 1. The Morgan fingerprint density at radius 1 is 1.38 bits per heavy atom. The Morgan fingerprint density at radius 2 is 1.95 bits per heavy atom. The molecular weight excluding hydrogens is 322 g/mol. The quantitative estimate of drug-likeness (QED) is 0.812. The number of ether oxygens (including phenoxy) is 1. The van der Waals surface area contributed by atoms with Crippen LogP contribution in [-0.4, -0.2) is 50.0 Å². The van der Waals surface area contributed by atoms with Gasteiger partial charge >= 0.3 is 11.9 Å². The number of methoxy groups -OCH3 is 1. The van der Waals surface area contributed by atoms with E-state index in [1.54, 1.807) is 0 Å². The zero-order chi connectivity index (χ0) is 16.4. The van der Waals surface area contributed by atoms with E-state index in [0.717, 1.165) is 20.2 Å². The molecule has 0 spiro atoms. The molecule has 0 heterocycles. The van der Waals surface area contributed by atoms with E-state index in [4.69, 9.17) is 16.7 Å².